The highest BCUT2D eigenvalue weighted by molar-refractivity contribution is 5.75. The van der Waals surface area contributed by atoms with Crippen LogP contribution in [0.2, 0.25) is 0 Å². The van der Waals surface area contributed by atoms with E-state index in [0.717, 1.165) is 6.42 Å². The van der Waals surface area contributed by atoms with Crippen molar-refractivity contribution in [2.75, 3.05) is 13.1 Å². The van der Waals surface area contributed by atoms with Crippen LogP contribution in [0.1, 0.15) is 20.3 Å². The van der Waals surface area contributed by atoms with Crippen molar-refractivity contribution in [1.29, 1.82) is 0 Å². The zero-order chi connectivity index (χ0) is 10.7. The summed E-state index contributed by atoms with van der Waals surface area (Å²) in [4.78, 5) is 12.8. The summed E-state index contributed by atoms with van der Waals surface area (Å²) in [5, 5.41) is 2.77. The van der Waals surface area contributed by atoms with E-state index in [9.17, 15) is 9.18 Å². The van der Waals surface area contributed by atoms with Crippen LogP contribution in [-0.4, -0.2) is 42.3 Å². The summed E-state index contributed by atoms with van der Waals surface area (Å²) in [5.41, 5.74) is 5.59. The number of carbonyl (C=O) groups is 1. The van der Waals surface area contributed by atoms with Crippen molar-refractivity contribution in [3.63, 3.8) is 0 Å². The minimum Gasteiger partial charge on any atom is -0.335 e. The van der Waals surface area contributed by atoms with Crippen molar-refractivity contribution in [1.82, 2.24) is 10.2 Å². The number of likely N-dealkylation sites (tertiary alicyclic amines) is 1. The molecule has 1 aliphatic heterocycles. The summed E-state index contributed by atoms with van der Waals surface area (Å²) in [7, 11) is 0. The first-order chi connectivity index (χ1) is 6.49. The minimum absolute atomic E-state index is 0.0427. The average molecular weight is 203 g/mol. The number of rotatable bonds is 3. The highest BCUT2D eigenvalue weighted by atomic mass is 19.1. The summed E-state index contributed by atoms with van der Waals surface area (Å²) in [6.07, 6.45) is -0.108. The van der Waals surface area contributed by atoms with Gasteiger partial charge in [-0.05, 0) is 20.3 Å². The molecule has 4 nitrogen and oxygen atoms in total. The molecule has 0 aromatic heterocycles. The van der Waals surface area contributed by atoms with Gasteiger partial charge in [-0.2, -0.15) is 0 Å². The molecule has 0 bridgehead atoms. The van der Waals surface area contributed by atoms with Crippen molar-refractivity contribution >= 4 is 6.03 Å². The van der Waals surface area contributed by atoms with Crippen LogP contribution >= 0.6 is 0 Å². The first-order valence-electron chi connectivity index (χ1n) is 4.94. The predicted octanol–water partition coefficient (Wildman–Crippen LogP) is 0.476. The van der Waals surface area contributed by atoms with Crippen molar-refractivity contribution in [2.24, 2.45) is 5.73 Å². The molecule has 14 heavy (non-hydrogen) atoms. The molecule has 1 aliphatic rings. The lowest BCUT2D eigenvalue weighted by Crippen LogP contribution is -2.56. The van der Waals surface area contributed by atoms with E-state index in [1.807, 2.05) is 13.8 Å². The van der Waals surface area contributed by atoms with E-state index in [1.54, 1.807) is 0 Å². The lowest BCUT2D eigenvalue weighted by atomic mass is 10.1. The number of hydrogen-bond donors (Lipinski definition) is 2. The van der Waals surface area contributed by atoms with Gasteiger partial charge in [0.1, 0.15) is 6.17 Å². The topological polar surface area (TPSA) is 58.4 Å². The van der Waals surface area contributed by atoms with E-state index in [1.165, 1.54) is 4.90 Å². The maximum Gasteiger partial charge on any atom is 0.317 e. The summed E-state index contributed by atoms with van der Waals surface area (Å²) < 4.78 is 12.4. The van der Waals surface area contributed by atoms with Gasteiger partial charge in [0.25, 0.3) is 0 Å². The Morgan fingerprint density at radius 2 is 2.21 bits per heavy atom. The largest absolute Gasteiger partial charge is 0.335 e. The van der Waals surface area contributed by atoms with E-state index in [-0.39, 0.29) is 31.2 Å². The third-order valence-electron chi connectivity index (χ3n) is 2.22. The fraction of sp³-hybridized carbons (Fsp3) is 0.889. The average Bonchev–Trinajstić information content (AvgIpc) is 1.96. The van der Waals surface area contributed by atoms with Gasteiger partial charge in [0, 0.05) is 12.1 Å². The molecule has 1 heterocycles. The van der Waals surface area contributed by atoms with Crippen LogP contribution < -0.4 is 11.1 Å². The van der Waals surface area contributed by atoms with Gasteiger partial charge in [-0.15, -0.1) is 0 Å². The Balaban J connectivity index is 2.20. The highest BCUT2D eigenvalue weighted by Crippen LogP contribution is 2.11. The van der Waals surface area contributed by atoms with Crippen LogP contribution in [0.15, 0.2) is 0 Å². The number of alkyl halides is 1. The number of amides is 2. The number of carbonyl (C=O) groups excluding carboxylic acids is 1. The van der Waals surface area contributed by atoms with Crippen molar-refractivity contribution in [3.05, 3.63) is 0 Å². The predicted molar refractivity (Wildman–Crippen MR) is 52.7 cm³/mol. The summed E-state index contributed by atoms with van der Waals surface area (Å²) in [5.74, 6) is 0. The summed E-state index contributed by atoms with van der Waals surface area (Å²) in [6, 6.07) is -0.0798. The minimum atomic E-state index is -0.843. The summed E-state index contributed by atoms with van der Waals surface area (Å²) in [6.45, 7) is 4.23. The van der Waals surface area contributed by atoms with Gasteiger partial charge in [-0.1, -0.05) is 0 Å². The molecule has 0 aromatic rings. The van der Waals surface area contributed by atoms with Crippen molar-refractivity contribution in [2.45, 2.75) is 38.5 Å². The smallest absolute Gasteiger partial charge is 0.317 e. The maximum absolute atomic E-state index is 12.4. The zero-order valence-corrected chi connectivity index (χ0v) is 8.66. The van der Waals surface area contributed by atoms with Crippen LogP contribution in [0.5, 0.6) is 0 Å². The SMILES string of the molecule is CC(N)CC(C)NC(=O)N1CC(F)C1. The van der Waals surface area contributed by atoms with Gasteiger partial charge >= 0.3 is 6.03 Å². The number of urea groups is 1. The molecule has 2 amide bonds. The Morgan fingerprint density at radius 3 is 2.64 bits per heavy atom. The molecule has 3 N–H and O–H groups in total. The number of nitrogens with one attached hydrogen (secondary N) is 1. The number of halogens is 1. The van der Waals surface area contributed by atoms with Crippen molar-refractivity contribution < 1.29 is 9.18 Å². The van der Waals surface area contributed by atoms with Gasteiger partial charge in [0.2, 0.25) is 0 Å². The third-order valence-corrected chi connectivity index (χ3v) is 2.22. The molecule has 2 unspecified atom stereocenters. The molecule has 2 atom stereocenters. The van der Waals surface area contributed by atoms with Crippen molar-refractivity contribution in [3.8, 4) is 0 Å². The van der Waals surface area contributed by atoms with E-state index in [4.69, 9.17) is 5.73 Å². The van der Waals surface area contributed by atoms with Gasteiger partial charge in [-0.3, -0.25) is 0 Å². The highest BCUT2D eigenvalue weighted by Gasteiger charge is 2.30. The molecule has 1 fully saturated rings. The van der Waals surface area contributed by atoms with E-state index in [0.29, 0.717) is 0 Å². The molecular formula is C9H18FN3O. The van der Waals surface area contributed by atoms with Gasteiger partial charge in [0.15, 0.2) is 0 Å². The van der Waals surface area contributed by atoms with Gasteiger partial charge in [0.05, 0.1) is 13.1 Å². The molecular weight excluding hydrogens is 185 g/mol. The standard InChI is InChI=1S/C9H18FN3O/c1-6(11)3-7(2)12-9(14)13-4-8(10)5-13/h6-8H,3-5,11H2,1-2H3,(H,12,14). The Hall–Kier alpha value is -0.840. The summed E-state index contributed by atoms with van der Waals surface area (Å²) >= 11 is 0. The van der Waals surface area contributed by atoms with Crippen LogP contribution in [0, 0.1) is 0 Å². The Morgan fingerprint density at radius 1 is 1.64 bits per heavy atom. The van der Waals surface area contributed by atoms with Crippen LogP contribution in [0.4, 0.5) is 9.18 Å². The second kappa shape index (κ2) is 4.59. The normalized spacial score (nSPS) is 21.3. The lowest BCUT2D eigenvalue weighted by Gasteiger charge is -2.35. The van der Waals surface area contributed by atoms with Crippen LogP contribution in [0.3, 0.4) is 0 Å². The second-order valence-corrected chi connectivity index (χ2v) is 4.07. The monoisotopic (exact) mass is 203 g/mol. The quantitative estimate of drug-likeness (QED) is 0.700. The molecule has 0 saturated carbocycles. The molecule has 0 radical (unpaired) electrons. The molecule has 5 heteroatoms. The van der Waals surface area contributed by atoms with Gasteiger partial charge < -0.3 is 16.0 Å². The zero-order valence-electron chi connectivity index (χ0n) is 8.66. The molecule has 1 saturated heterocycles. The van der Waals surface area contributed by atoms with Gasteiger partial charge in [-0.25, -0.2) is 9.18 Å². The number of nitrogens with zero attached hydrogens (tertiary/aromatic N) is 1. The lowest BCUT2D eigenvalue weighted by molar-refractivity contribution is 0.0881. The molecule has 1 rings (SSSR count). The number of hydrogen-bond acceptors (Lipinski definition) is 2. The Bertz CT molecular complexity index is 204. The van der Waals surface area contributed by atoms with Crippen LogP contribution in [0.25, 0.3) is 0 Å². The second-order valence-electron chi connectivity index (χ2n) is 4.07. The molecule has 0 aliphatic carbocycles. The van der Waals surface area contributed by atoms with E-state index in [2.05, 4.69) is 5.32 Å². The Labute approximate surface area is 83.6 Å². The van der Waals surface area contributed by atoms with Crippen LogP contribution in [-0.2, 0) is 0 Å². The molecule has 0 aromatic carbocycles. The third kappa shape index (κ3) is 3.14. The molecule has 0 spiro atoms. The van der Waals surface area contributed by atoms with E-state index >= 15 is 0 Å². The maximum atomic E-state index is 12.4. The first kappa shape index (κ1) is 11.2. The Kier molecular flexibility index (Phi) is 3.69. The fourth-order valence-corrected chi connectivity index (χ4v) is 1.51. The molecule has 82 valence electrons. The fourth-order valence-electron chi connectivity index (χ4n) is 1.51. The first-order valence-corrected chi connectivity index (χ1v) is 4.94. The number of nitrogens with two attached hydrogens (primary N) is 1. The van der Waals surface area contributed by atoms with E-state index < -0.39 is 6.17 Å².